The van der Waals surface area contributed by atoms with Gasteiger partial charge in [0.15, 0.2) is 0 Å². The molecule has 0 aliphatic rings. The molecular formula is C10H19O4P. The van der Waals surface area contributed by atoms with E-state index < -0.39 is 7.37 Å². The Morgan fingerprint density at radius 1 is 1.13 bits per heavy atom. The molecule has 0 aliphatic carbocycles. The third-order valence-corrected chi connectivity index (χ3v) is 3.29. The molecule has 0 fully saturated rings. The van der Waals surface area contributed by atoms with Gasteiger partial charge in [-0.2, -0.15) is 0 Å². The summed E-state index contributed by atoms with van der Waals surface area (Å²) >= 11 is 0. The number of rotatable bonds is 10. The number of hydrogen-bond acceptors (Lipinski definition) is 4. The molecule has 0 radical (unpaired) electrons. The molecule has 4 nitrogen and oxygen atoms in total. The Labute approximate surface area is 91.4 Å². The first-order valence-corrected chi connectivity index (χ1v) is 6.78. The minimum atomic E-state index is -2.82. The Bertz CT molecular complexity index is 209. The standard InChI is InChI=1S/C10H19O4P/c1-4-7-12-9-15(11,14-6-3)10-13-8-5-2/h4-5H,1-2,6-10H2,3H3. The minimum Gasteiger partial charge on any atom is -0.367 e. The van der Waals surface area contributed by atoms with Gasteiger partial charge in [0.05, 0.1) is 19.8 Å². The molecule has 0 amide bonds. The molecule has 0 spiro atoms. The number of hydrogen-bond donors (Lipinski definition) is 0. The predicted molar refractivity (Wildman–Crippen MR) is 61.3 cm³/mol. The van der Waals surface area contributed by atoms with Crippen molar-refractivity contribution < 1.29 is 18.6 Å². The highest BCUT2D eigenvalue weighted by molar-refractivity contribution is 7.58. The lowest BCUT2D eigenvalue weighted by atomic mass is 10.7. The molecule has 0 saturated heterocycles. The molecule has 15 heavy (non-hydrogen) atoms. The summed E-state index contributed by atoms with van der Waals surface area (Å²) in [5.41, 5.74) is 0. The fourth-order valence-electron chi connectivity index (χ4n) is 0.897. The first kappa shape index (κ1) is 14.6. The van der Waals surface area contributed by atoms with Gasteiger partial charge in [-0.05, 0) is 6.92 Å². The zero-order chi connectivity index (χ0) is 11.6. The molecule has 0 N–H and O–H groups in total. The molecule has 0 aromatic rings. The van der Waals surface area contributed by atoms with Crippen molar-refractivity contribution in [2.24, 2.45) is 0 Å². The average molecular weight is 234 g/mol. The molecule has 0 unspecified atom stereocenters. The minimum absolute atomic E-state index is 0.0595. The van der Waals surface area contributed by atoms with Crippen molar-refractivity contribution in [1.82, 2.24) is 0 Å². The van der Waals surface area contributed by atoms with Crippen LogP contribution in [0.25, 0.3) is 0 Å². The van der Waals surface area contributed by atoms with Crippen LogP contribution >= 0.6 is 7.37 Å². The largest absolute Gasteiger partial charge is 0.367 e. The Morgan fingerprint density at radius 2 is 1.60 bits per heavy atom. The molecule has 0 heterocycles. The number of ether oxygens (including phenoxy) is 2. The second-order valence-electron chi connectivity index (χ2n) is 2.81. The highest BCUT2D eigenvalue weighted by Crippen LogP contribution is 2.46. The van der Waals surface area contributed by atoms with E-state index in [1.54, 1.807) is 19.1 Å². The van der Waals surface area contributed by atoms with E-state index in [-0.39, 0.29) is 12.7 Å². The summed E-state index contributed by atoms with van der Waals surface area (Å²) in [6.07, 6.45) is 3.32. The van der Waals surface area contributed by atoms with E-state index in [2.05, 4.69) is 13.2 Å². The summed E-state index contributed by atoms with van der Waals surface area (Å²) in [6.45, 7) is 9.89. The van der Waals surface area contributed by atoms with Crippen molar-refractivity contribution in [3.05, 3.63) is 25.3 Å². The second kappa shape index (κ2) is 8.86. The van der Waals surface area contributed by atoms with E-state index in [1.165, 1.54) is 0 Å². The van der Waals surface area contributed by atoms with Gasteiger partial charge in [-0.15, -0.1) is 13.2 Å². The second-order valence-corrected chi connectivity index (χ2v) is 5.21. The Hall–Kier alpha value is -0.410. The smallest absolute Gasteiger partial charge is 0.252 e. The van der Waals surface area contributed by atoms with Crippen molar-refractivity contribution >= 4 is 7.37 Å². The third kappa shape index (κ3) is 7.51. The maximum atomic E-state index is 12.0. The van der Waals surface area contributed by atoms with Gasteiger partial charge in [0.25, 0.3) is 7.37 Å². The van der Waals surface area contributed by atoms with Crippen molar-refractivity contribution in [1.29, 1.82) is 0 Å². The monoisotopic (exact) mass is 234 g/mol. The van der Waals surface area contributed by atoms with E-state index >= 15 is 0 Å². The van der Waals surface area contributed by atoms with Gasteiger partial charge < -0.3 is 14.0 Å². The van der Waals surface area contributed by atoms with Crippen LogP contribution in [0.3, 0.4) is 0 Å². The lowest BCUT2D eigenvalue weighted by Crippen LogP contribution is -2.06. The maximum absolute atomic E-state index is 12.0. The summed E-state index contributed by atoms with van der Waals surface area (Å²) in [5, 5.41) is 0. The summed E-state index contributed by atoms with van der Waals surface area (Å²) < 4.78 is 27.4. The summed E-state index contributed by atoms with van der Waals surface area (Å²) in [6, 6.07) is 0. The molecule has 88 valence electrons. The van der Waals surface area contributed by atoms with E-state index in [0.29, 0.717) is 19.8 Å². The van der Waals surface area contributed by atoms with Gasteiger partial charge in [-0.3, -0.25) is 4.57 Å². The highest BCUT2D eigenvalue weighted by Gasteiger charge is 2.22. The molecule has 0 atom stereocenters. The van der Waals surface area contributed by atoms with Crippen LogP contribution in [0, 0.1) is 0 Å². The van der Waals surface area contributed by atoms with Gasteiger partial charge in [0.1, 0.15) is 12.7 Å². The Balaban J connectivity index is 3.99. The third-order valence-electron chi connectivity index (χ3n) is 1.41. The van der Waals surface area contributed by atoms with Crippen LogP contribution in [0.1, 0.15) is 6.92 Å². The Morgan fingerprint density at radius 3 is 1.93 bits per heavy atom. The van der Waals surface area contributed by atoms with Crippen LogP contribution in [0.4, 0.5) is 0 Å². The SMILES string of the molecule is C=CCOCP(=O)(COCC=C)OCC. The summed E-state index contributed by atoms with van der Waals surface area (Å²) in [5.74, 6) is 0. The van der Waals surface area contributed by atoms with Crippen molar-refractivity contribution in [3.8, 4) is 0 Å². The van der Waals surface area contributed by atoms with Gasteiger partial charge >= 0.3 is 0 Å². The molecule has 0 aromatic carbocycles. The van der Waals surface area contributed by atoms with Crippen LogP contribution in [-0.2, 0) is 18.6 Å². The molecule has 0 bridgehead atoms. The molecule has 0 aliphatic heterocycles. The van der Waals surface area contributed by atoms with Gasteiger partial charge in [0.2, 0.25) is 0 Å². The highest BCUT2D eigenvalue weighted by atomic mass is 31.2. The lowest BCUT2D eigenvalue weighted by molar-refractivity contribution is 0.159. The van der Waals surface area contributed by atoms with Crippen molar-refractivity contribution in [2.45, 2.75) is 6.92 Å². The van der Waals surface area contributed by atoms with Crippen LogP contribution in [0.15, 0.2) is 25.3 Å². The first-order valence-electron chi connectivity index (χ1n) is 4.78. The molecule has 0 aromatic heterocycles. The average Bonchev–Trinajstić information content (AvgIpc) is 2.19. The van der Waals surface area contributed by atoms with E-state index in [1.807, 2.05) is 0 Å². The van der Waals surface area contributed by atoms with E-state index in [9.17, 15) is 4.57 Å². The Kier molecular flexibility index (Phi) is 8.62. The van der Waals surface area contributed by atoms with Crippen molar-refractivity contribution in [2.75, 3.05) is 32.5 Å². The summed E-state index contributed by atoms with van der Waals surface area (Å²) in [7, 11) is -2.82. The zero-order valence-electron chi connectivity index (χ0n) is 9.18. The fraction of sp³-hybridized carbons (Fsp3) is 0.600. The van der Waals surface area contributed by atoms with Crippen LogP contribution in [-0.4, -0.2) is 32.5 Å². The zero-order valence-corrected chi connectivity index (χ0v) is 10.1. The van der Waals surface area contributed by atoms with Gasteiger partial charge in [-0.1, -0.05) is 12.2 Å². The van der Waals surface area contributed by atoms with Gasteiger partial charge in [-0.25, -0.2) is 0 Å². The predicted octanol–water partition coefficient (Wildman–Crippen LogP) is 2.62. The molecule has 0 rings (SSSR count). The first-order chi connectivity index (χ1) is 7.18. The van der Waals surface area contributed by atoms with Gasteiger partial charge in [0, 0.05) is 0 Å². The van der Waals surface area contributed by atoms with E-state index in [0.717, 1.165) is 0 Å². The molecular weight excluding hydrogens is 215 g/mol. The van der Waals surface area contributed by atoms with Crippen LogP contribution in [0.5, 0.6) is 0 Å². The van der Waals surface area contributed by atoms with Crippen molar-refractivity contribution in [3.63, 3.8) is 0 Å². The maximum Gasteiger partial charge on any atom is 0.252 e. The topological polar surface area (TPSA) is 44.8 Å². The van der Waals surface area contributed by atoms with Crippen LogP contribution < -0.4 is 0 Å². The summed E-state index contributed by atoms with van der Waals surface area (Å²) in [4.78, 5) is 0. The van der Waals surface area contributed by atoms with Crippen LogP contribution in [0.2, 0.25) is 0 Å². The normalized spacial score (nSPS) is 11.3. The molecule has 0 saturated carbocycles. The lowest BCUT2D eigenvalue weighted by Gasteiger charge is -2.17. The quantitative estimate of drug-likeness (QED) is 0.331. The molecule has 5 heteroatoms. The fourth-order valence-corrected chi connectivity index (χ4v) is 2.36. The van der Waals surface area contributed by atoms with E-state index in [4.69, 9.17) is 14.0 Å².